The average molecular weight is 416 g/mol. The predicted molar refractivity (Wildman–Crippen MR) is 113 cm³/mol. The van der Waals surface area contributed by atoms with E-state index in [1.165, 1.54) is 16.6 Å². The van der Waals surface area contributed by atoms with Crippen LogP contribution in [0, 0.1) is 0 Å². The van der Waals surface area contributed by atoms with Crippen molar-refractivity contribution in [3.8, 4) is 11.4 Å². The minimum atomic E-state index is -0.497. The van der Waals surface area contributed by atoms with Crippen molar-refractivity contribution in [2.45, 2.75) is 43.0 Å². The molecule has 1 amide bonds. The summed E-state index contributed by atoms with van der Waals surface area (Å²) in [6.07, 6.45) is 4.15. The van der Waals surface area contributed by atoms with E-state index in [0.29, 0.717) is 22.0 Å². The minimum Gasteiger partial charge on any atom is -0.497 e. The van der Waals surface area contributed by atoms with Crippen LogP contribution in [-0.2, 0) is 17.6 Å². The second-order valence-corrected chi connectivity index (χ2v) is 9.18. The van der Waals surface area contributed by atoms with Gasteiger partial charge in [0.05, 0.1) is 23.4 Å². The molecule has 0 saturated carbocycles. The summed E-state index contributed by atoms with van der Waals surface area (Å²) in [5.74, 6) is 0.268. The molecule has 2 heterocycles. The van der Waals surface area contributed by atoms with Gasteiger partial charge in [0.25, 0.3) is 5.56 Å². The molecule has 4 rings (SSSR count). The highest BCUT2D eigenvalue weighted by Gasteiger charge is 2.24. The van der Waals surface area contributed by atoms with E-state index in [1.807, 2.05) is 12.1 Å². The Hall–Kier alpha value is -2.32. The number of carbonyl (C=O) groups excluding carboxylic acids is 1. The van der Waals surface area contributed by atoms with Crippen molar-refractivity contribution in [2.24, 2.45) is 5.73 Å². The number of rotatable bonds is 5. The highest BCUT2D eigenvalue weighted by atomic mass is 32.2. The van der Waals surface area contributed by atoms with Crippen molar-refractivity contribution in [1.82, 2.24) is 9.55 Å². The van der Waals surface area contributed by atoms with Crippen LogP contribution in [0.25, 0.3) is 15.9 Å². The van der Waals surface area contributed by atoms with Crippen LogP contribution in [0.2, 0.25) is 0 Å². The molecular weight excluding hydrogens is 394 g/mol. The molecule has 0 radical (unpaired) electrons. The molecule has 146 valence electrons. The number of thiophene rings is 1. The number of nitrogens with two attached hydrogens (primary N) is 1. The zero-order valence-electron chi connectivity index (χ0n) is 15.7. The standard InChI is InChI=1S/C20H21N3O3S2/c1-11(17(21)24)27-20-22-18-16(14-5-3-4-6-15(14)28-18)19(25)23(20)12-7-9-13(26-2)10-8-12/h7-11H,3-6H2,1-2H3,(H2,21,24)/t11-/m1/s1. The monoisotopic (exact) mass is 415 g/mol. The third-order valence-corrected chi connectivity index (χ3v) is 7.23. The van der Waals surface area contributed by atoms with Crippen molar-refractivity contribution in [3.05, 3.63) is 45.1 Å². The summed E-state index contributed by atoms with van der Waals surface area (Å²) >= 11 is 2.81. The Bertz CT molecular complexity index is 1100. The first-order valence-corrected chi connectivity index (χ1v) is 10.9. The number of hydrogen-bond acceptors (Lipinski definition) is 6. The Labute approximate surface area is 170 Å². The second-order valence-electron chi connectivity index (χ2n) is 6.79. The van der Waals surface area contributed by atoms with Crippen LogP contribution in [0.1, 0.15) is 30.2 Å². The van der Waals surface area contributed by atoms with Gasteiger partial charge in [-0.3, -0.25) is 14.2 Å². The lowest BCUT2D eigenvalue weighted by atomic mass is 9.97. The summed E-state index contributed by atoms with van der Waals surface area (Å²) in [6.45, 7) is 1.72. The van der Waals surface area contributed by atoms with Gasteiger partial charge in [0.2, 0.25) is 5.91 Å². The largest absolute Gasteiger partial charge is 0.497 e. The highest BCUT2D eigenvalue weighted by molar-refractivity contribution is 8.00. The number of aromatic nitrogens is 2. The number of amides is 1. The fraction of sp³-hybridized carbons (Fsp3) is 0.350. The Morgan fingerprint density at radius 3 is 2.68 bits per heavy atom. The summed E-state index contributed by atoms with van der Waals surface area (Å²) in [6, 6.07) is 7.26. The molecule has 0 aliphatic heterocycles. The quantitative estimate of drug-likeness (QED) is 0.510. The number of ether oxygens (including phenoxy) is 1. The Morgan fingerprint density at radius 1 is 1.29 bits per heavy atom. The molecule has 0 spiro atoms. The van der Waals surface area contributed by atoms with Crippen LogP contribution in [-0.4, -0.2) is 27.8 Å². The van der Waals surface area contributed by atoms with E-state index in [2.05, 4.69) is 0 Å². The van der Waals surface area contributed by atoms with Crippen molar-refractivity contribution >= 4 is 39.2 Å². The van der Waals surface area contributed by atoms with Crippen LogP contribution in [0.5, 0.6) is 5.75 Å². The van der Waals surface area contributed by atoms with Crippen LogP contribution in [0.3, 0.4) is 0 Å². The molecule has 0 bridgehead atoms. The third kappa shape index (κ3) is 3.31. The van der Waals surface area contributed by atoms with Crippen molar-refractivity contribution in [1.29, 1.82) is 0 Å². The van der Waals surface area contributed by atoms with E-state index in [4.69, 9.17) is 15.5 Å². The number of carbonyl (C=O) groups is 1. The normalized spacial score (nSPS) is 14.6. The zero-order chi connectivity index (χ0) is 19.8. The Balaban J connectivity index is 1.96. The van der Waals surface area contributed by atoms with Gasteiger partial charge in [-0.15, -0.1) is 11.3 Å². The first-order chi connectivity index (χ1) is 13.5. The maximum absolute atomic E-state index is 13.6. The summed E-state index contributed by atoms with van der Waals surface area (Å²) in [7, 11) is 1.60. The second kappa shape index (κ2) is 7.60. The van der Waals surface area contributed by atoms with E-state index in [-0.39, 0.29) is 5.56 Å². The average Bonchev–Trinajstić information content (AvgIpc) is 3.06. The van der Waals surface area contributed by atoms with Crippen molar-refractivity contribution < 1.29 is 9.53 Å². The van der Waals surface area contributed by atoms with E-state index >= 15 is 0 Å². The molecule has 0 fully saturated rings. The van der Waals surface area contributed by atoms with E-state index < -0.39 is 11.2 Å². The van der Waals surface area contributed by atoms with Crippen molar-refractivity contribution in [2.75, 3.05) is 7.11 Å². The topological polar surface area (TPSA) is 87.2 Å². The lowest BCUT2D eigenvalue weighted by Crippen LogP contribution is -2.26. The van der Waals surface area contributed by atoms with Gasteiger partial charge < -0.3 is 10.5 Å². The number of hydrogen-bond donors (Lipinski definition) is 1. The molecule has 6 nitrogen and oxygen atoms in total. The van der Waals surface area contributed by atoms with Crippen molar-refractivity contribution in [3.63, 3.8) is 0 Å². The number of methoxy groups -OCH3 is 1. The maximum Gasteiger partial charge on any atom is 0.267 e. The van der Waals surface area contributed by atoms with Gasteiger partial charge in [-0.05, 0) is 62.4 Å². The molecule has 1 aliphatic carbocycles. The van der Waals surface area contributed by atoms with Gasteiger partial charge in [-0.25, -0.2) is 4.98 Å². The maximum atomic E-state index is 13.6. The van der Waals surface area contributed by atoms with Gasteiger partial charge in [-0.2, -0.15) is 0 Å². The van der Waals surface area contributed by atoms with E-state index in [9.17, 15) is 9.59 Å². The summed E-state index contributed by atoms with van der Waals surface area (Å²) < 4.78 is 6.82. The van der Waals surface area contributed by atoms with Gasteiger partial charge in [-0.1, -0.05) is 11.8 Å². The molecule has 28 heavy (non-hydrogen) atoms. The Kier molecular flexibility index (Phi) is 5.16. The summed E-state index contributed by atoms with van der Waals surface area (Å²) in [5, 5.41) is 0.697. The third-order valence-electron chi connectivity index (χ3n) is 4.97. The molecule has 8 heteroatoms. The van der Waals surface area contributed by atoms with Crippen LogP contribution in [0.15, 0.2) is 34.2 Å². The molecular formula is C20H21N3O3S2. The van der Waals surface area contributed by atoms with E-state index in [1.54, 1.807) is 42.1 Å². The smallest absolute Gasteiger partial charge is 0.267 e. The predicted octanol–water partition coefficient (Wildman–Crippen LogP) is 3.30. The summed E-state index contributed by atoms with van der Waals surface area (Å²) in [4.78, 5) is 32.0. The number of nitrogens with zero attached hydrogens (tertiary/aromatic N) is 2. The molecule has 1 aromatic carbocycles. The lowest BCUT2D eigenvalue weighted by Gasteiger charge is -2.15. The SMILES string of the molecule is COc1ccc(-n2c(S[C@H](C)C(N)=O)nc3sc4c(c3c2=O)CCCC4)cc1. The van der Waals surface area contributed by atoms with Crippen LogP contribution in [0.4, 0.5) is 0 Å². The zero-order valence-corrected chi connectivity index (χ0v) is 17.4. The summed E-state index contributed by atoms with van der Waals surface area (Å²) in [5.41, 5.74) is 7.20. The van der Waals surface area contributed by atoms with Gasteiger partial charge in [0, 0.05) is 4.88 Å². The number of primary amides is 1. The van der Waals surface area contributed by atoms with Gasteiger partial charge in [0.1, 0.15) is 10.6 Å². The molecule has 0 saturated heterocycles. The number of aryl methyl sites for hydroxylation is 2. The molecule has 3 aromatic rings. The first kappa shape index (κ1) is 19.0. The molecule has 2 N–H and O–H groups in total. The lowest BCUT2D eigenvalue weighted by molar-refractivity contribution is -0.117. The van der Waals surface area contributed by atoms with Gasteiger partial charge in [0.15, 0.2) is 5.16 Å². The number of benzene rings is 1. The van der Waals surface area contributed by atoms with Crippen LogP contribution >= 0.6 is 23.1 Å². The minimum absolute atomic E-state index is 0.0891. The molecule has 0 unspecified atom stereocenters. The number of thioether (sulfide) groups is 1. The van der Waals surface area contributed by atoms with Gasteiger partial charge >= 0.3 is 0 Å². The Morgan fingerprint density at radius 2 is 2.00 bits per heavy atom. The molecule has 2 aromatic heterocycles. The van der Waals surface area contributed by atoms with Crippen LogP contribution < -0.4 is 16.0 Å². The fourth-order valence-corrected chi connectivity index (χ4v) is 5.62. The fourth-order valence-electron chi connectivity index (χ4n) is 3.44. The highest BCUT2D eigenvalue weighted by Crippen LogP contribution is 2.35. The first-order valence-electron chi connectivity index (χ1n) is 9.17. The van der Waals surface area contributed by atoms with E-state index in [0.717, 1.165) is 36.1 Å². The molecule has 1 aliphatic rings. The number of fused-ring (bicyclic) bond motifs is 3. The molecule has 1 atom stereocenters.